The van der Waals surface area contributed by atoms with Crippen molar-refractivity contribution < 1.29 is 19.1 Å². The molecular formula is C14H20O4. The molecular weight excluding hydrogens is 232 g/mol. The Morgan fingerprint density at radius 2 is 2.22 bits per heavy atom. The van der Waals surface area contributed by atoms with Gasteiger partial charge in [0.2, 0.25) is 0 Å². The molecule has 0 spiro atoms. The molecule has 0 aromatic heterocycles. The van der Waals surface area contributed by atoms with Crippen molar-refractivity contribution in [3.8, 4) is 0 Å². The van der Waals surface area contributed by atoms with Crippen LogP contribution in [0, 0.1) is 5.92 Å². The largest absolute Gasteiger partial charge is 0.466 e. The molecule has 0 N–H and O–H groups in total. The first-order chi connectivity index (χ1) is 8.54. The van der Waals surface area contributed by atoms with Gasteiger partial charge in [0.1, 0.15) is 0 Å². The molecule has 1 unspecified atom stereocenters. The highest BCUT2D eigenvalue weighted by Crippen LogP contribution is 2.19. The molecule has 0 aromatic rings. The van der Waals surface area contributed by atoms with Gasteiger partial charge in [0, 0.05) is 12.0 Å². The number of hydrogen-bond donors (Lipinski definition) is 0. The number of carbonyl (C=O) groups excluding carboxylic acids is 2. The van der Waals surface area contributed by atoms with Crippen LogP contribution in [0.1, 0.15) is 33.6 Å². The van der Waals surface area contributed by atoms with Gasteiger partial charge in [-0.1, -0.05) is 17.7 Å². The zero-order chi connectivity index (χ0) is 13.5. The third-order valence-corrected chi connectivity index (χ3v) is 2.64. The van der Waals surface area contributed by atoms with E-state index in [0.717, 1.165) is 5.57 Å². The topological polar surface area (TPSA) is 52.6 Å². The number of ether oxygens (including phenoxy) is 2. The van der Waals surface area contributed by atoms with Gasteiger partial charge in [-0.15, -0.1) is 0 Å². The second-order valence-electron chi connectivity index (χ2n) is 4.45. The van der Waals surface area contributed by atoms with E-state index < -0.39 is 5.92 Å². The summed E-state index contributed by atoms with van der Waals surface area (Å²) in [7, 11) is 0. The van der Waals surface area contributed by atoms with Gasteiger partial charge in [0.05, 0.1) is 19.1 Å². The summed E-state index contributed by atoms with van der Waals surface area (Å²) in [6.45, 7) is 6.46. The van der Waals surface area contributed by atoms with Crippen molar-refractivity contribution in [2.75, 3.05) is 13.2 Å². The van der Waals surface area contributed by atoms with E-state index in [1.165, 1.54) is 0 Å². The van der Waals surface area contributed by atoms with Crippen molar-refractivity contribution in [3.63, 3.8) is 0 Å². The zero-order valence-electron chi connectivity index (χ0n) is 11.2. The SMILES string of the molecule is CCOC(=O)C(C=C1CCOC1=O)CC=C(C)C. The Morgan fingerprint density at radius 3 is 2.72 bits per heavy atom. The minimum Gasteiger partial charge on any atom is -0.466 e. The number of hydrogen-bond acceptors (Lipinski definition) is 4. The smallest absolute Gasteiger partial charge is 0.333 e. The standard InChI is InChI=1S/C14H20O4/c1-4-17-13(15)11(6-5-10(2)3)9-12-7-8-18-14(12)16/h5,9,11H,4,6-8H2,1-3H3. The van der Waals surface area contributed by atoms with Gasteiger partial charge in [-0.05, 0) is 27.2 Å². The van der Waals surface area contributed by atoms with Crippen molar-refractivity contribution in [1.29, 1.82) is 0 Å². The Balaban J connectivity index is 2.79. The molecule has 1 atom stereocenters. The van der Waals surface area contributed by atoms with Crippen LogP contribution in [0.4, 0.5) is 0 Å². The van der Waals surface area contributed by atoms with Crippen LogP contribution >= 0.6 is 0 Å². The predicted octanol–water partition coefficient (Wildman–Crippen LogP) is 2.40. The zero-order valence-corrected chi connectivity index (χ0v) is 11.2. The van der Waals surface area contributed by atoms with Crippen LogP contribution in [-0.4, -0.2) is 25.2 Å². The summed E-state index contributed by atoms with van der Waals surface area (Å²) in [4.78, 5) is 23.2. The third kappa shape index (κ3) is 4.35. The van der Waals surface area contributed by atoms with Gasteiger partial charge in [-0.3, -0.25) is 4.79 Å². The summed E-state index contributed by atoms with van der Waals surface area (Å²) >= 11 is 0. The lowest BCUT2D eigenvalue weighted by Gasteiger charge is -2.10. The Kier molecular flexibility index (Phi) is 5.62. The summed E-state index contributed by atoms with van der Waals surface area (Å²) in [5, 5.41) is 0. The van der Waals surface area contributed by atoms with Crippen LogP contribution in [0.2, 0.25) is 0 Å². The maximum absolute atomic E-state index is 11.8. The summed E-state index contributed by atoms with van der Waals surface area (Å²) in [6.07, 6.45) is 4.78. The van der Waals surface area contributed by atoms with E-state index in [1.54, 1.807) is 13.0 Å². The fourth-order valence-electron chi connectivity index (χ4n) is 1.69. The van der Waals surface area contributed by atoms with E-state index in [0.29, 0.717) is 31.6 Å². The molecule has 1 rings (SSSR count). The lowest BCUT2D eigenvalue weighted by atomic mass is 10.00. The van der Waals surface area contributed by atoms with Crippen molar-refractivity contribution >= 4 is 11.9 Å². The fraction of sp³-hybridized carbons (Fsp3) is 0.571. The van der Waals surface area contributed by atoms with E-state index in [9.17, 15) is 9.59 Å². The minimum atomic E-state index is -0.402. The Hall–Kier alpha value is -1.58. The third-order valence-electron chi connectivity index (χ3n) is 2.64. The lowest BCUT2D eigenvalue weighted by molar-refractivity contribution is -0.146. The van der Waals surface area contributed by atoms with Crippen LogP contribution in [-0.2, 0) is 19.1 Å². The van der Waals surface area contributed by atoms with Crippen molar-refractivity contribution in [1.82, 2.24) is 0 Å². The second-order valence-corrected chi connectivity index (χ2v) is 4.45. The molecule has 0 saturated carbocycles. The molecule has 0 aliphatic carbocycles. The van der Waals surface area contributed by atoms with Crippen molar-refractivity contribution in [2.24, 2.45) is 5.92 Å². The van der Waals surface area contributed by atoms with Crippen molar-refractivity contribution in [2.45, 2.75) is 33.6 Å². The molecule has 0 aromatic carbocycles. The highest BCUT2D eigenvalue weighted by molar-refractivity contribution is 5.91. The molecule has 100 valence electrons. The molecule has 0 amide bonds. The van der Waals surface area contributed by atoms with E-state index in [1.807, 2.05) is 19.9 Å². The lowest BCUT2D eigenvalue weighted by Crippen LogP contribution is -2.16. The first-order valence-corrected chi connectivity index (χ1v) is 6.22. The van der Waals surface area contributed by atoms with Gasteiger partial charge in [-0.2, -0.15) is 0 Å². The Bertz CT molecular complexity index is 375. The van der Waals surface area contributed by atoms with Gasteiger partial charge in [0.15, 0.2) is 0 Å². The molecule has 1 heterocycles. The van der Waals surface area contributed by atoms with E-state index in [2.05, 4.69) is 0 Å². The highest BCUT2D eigenvalue weighted by Gasteiger charge is 2.23. The second kappa shape index (κ2) is 6.99. The first kappa shape index (κ1) is 14.5. The molecule has 18 heavy (non-hydrogen) atoms. The normalized spacial score (nSPS) is 18.4. The summed E-state index contributed by atoms with van der Waals surface area (Å²) in [5.74, 6) is -1.01. The van der Waals surface area contributed by atoms with Crippen molar-refractivity contribution in [3.05, 3.63) is 23.3 Å². The summed E-state index contributed by atoms with van der Waals surface area (Å²) < 4.78 is 9.87. The predicted molar refractivity (Wildman–Crippen MR) is 67.8 cm³/mol. The maximum atomic E-state index is 11.8. The first-order valence-electron chi connectivity index (χ1n) is 6.22. The maximum Gasteiger partial charge on any atom is 0.333 e. The van der Waals surface area contributed by atoms with E-state index in [-0.39, 0.29) is 11.9 Å². The number of rotatable bonds is 5. The molecule has 4 heteroatoms. The Morgan fingerprint density at radius 1 is 1.50 bits per heavy atom. The Labute approximate surface area is 108 Å². The van der Waals surface area contributed by atoms with Crippen LogP contribution in [0.5, 0.6) is 0 Å². The van der Waals surface area contributed by atoms with Crippen LogP contribution in [0.25, 0.3) is 0 Å². The van der Waals surface area contributed by atoms with Crippen LogP contribution < -0.4 is 0 Å². The number of allylic oxidation sites excluding steroid dienone is 2. The summed E-state index contributed by atoms with van der Waals surface area (Å²) in [5.41, 5.74) is 1.71. The molecule has 1 aliphatic rings. The average molecular weight is 252 g/mol. The molecule has 4 nitrogen and oxygen atoms in total. The highest BCUT2D eigenvalue weighted by atomic mass is 16.5. The fourth-order valence-corrected chi connectivity index (χ4v) is 1.69. The van der Waals surface area contributed by atoms with Gasteiger partial charge in [0.25, 0.3) is 0 Å². The van der Waals surface area contributed by atoms with Crippen LogP contribution in [0.15, 0.2) is 23.3 Å². The molecule has 0 radical (unpaired) electrons. The number of carbonyl (C=O) groups is 2. The van der Waals surface area contributed by atoms with Crippen LogP contribution in [0.3, 0.4) is 0 Å². The van der Waals surface area contributed by atoms with Gasteiger partial charge in [-0.25, -0.2) is 4.79 Å². The molecule has 0 bridgehead atoms. The number of esters is 2. The quantitative estimate of drug-likeness (QED) is 0.428. The van der Waals surface area contributed by atoms with E-state index in [4.69, 9.17) is 9.47 Å². The average Bonchev–Trinajstić information content (AvgIpc) is 2.70. The monoisotopic (exact) mass is 252 g/mol. The van der Waals surface area contributed by atoms with E-state index >= 15 is 0 Å². The molecule has 1 aliphatic heterocycles. The van der Waals surface area contributed by atoms with Gasteiger partial charge >= 0.3 is 11.9 Å². The summed E-state index contributed by atoms with van der Waals surface area (Å²) in [6, 6.07) is 0. The minimum absolute atomic E-state index is 0.290. The number of cyclic esters (lactones) is 1. The van der Waals surface area contributed by atoms with Gasteiger partial charge < -0.3 is 9.47 Å². The molecule has 1 fully saturated rings. The molecule has 1 saturated heterocycles.